The lowest BCUT2D eigenvalue weighted by atomic mass is 10.1. The maximum Gasteiger partial charge on any atom is 0.253 e. The van der Waals surface area contributed by atoms with Crippen LogP contribution in [0.1, 0.15) is 5.56 Å². The van der Waals surface area contributed by atoms with Crippen LogP contribution in [-0.4, -0.2) is 50.8 Å². The number of rotatable bonds is 2. The van der Waals surface area contributed by atoms with Crippen LogP contribution in [0.4, 0.5) is 0 Å². The van der Waals surface area contributed by atoms with Crippen molar-refractivity contribution >= 4 is 12.0 Å². The number of fused-ring (bicyclic) bond motifs is 1. The minimum absolute atomic E-state index is 0.0294. The monoisotopic (exact) mass is 275 g/mol. The van der Waals surface area contributed by atoms with E-state index in [2.05, 4.69) is 0 Å². The van der Waals surface area contributed by atoms with Crippen molar-refractivity contribution in [3.05, 3.63) is 29.3 Å². The largest absolute Gasteiger partial charge is 0.497 e. The second kappa shape index (κ2) is 5.54. The number of carbonyl (C=O) groups is 1. The van der Waals surface area contributed by atoms with Crippen molar-refractivity contribution in [2.24, 2.45) is 0 Å². The molecule has 20 heavy (non-hydrogen) atoms. The Hall–Kier alpha value is -2.01. The van der Waals surface area contributed by atoms with E-state index in [1.807, 2.05) is 29.2 Å². The standard InChI is InChI=1S/C15H17NO4/c1-18-13-2-3-14-11(9-13)8-12(10-20-14)15(17)16-4-6-19-7-5-16/h2-3,8-9H,4-7,10H2,1H3. The number of amides is 1. The van der Waals surface area contributed by atoms with Gasteiger partial charge in [-0.15, -0.1) is 0 Å². The Bertz CT molecular complexity index is 547. The van der Waals surface area contributed by atoms with Gasteiger partial charge in [-0.2, -0.15) is 0 Å². The quantitative estimate of drug-likeness (QED) is 0.817. The highest BCUT2D eigenvalue weighted by atomic mass is 16.5. The molecule has 0 bridgehead atoms. The van der Waals surface area contributed by atoms with Gasteiger partial charge in [0, 0.05) is 18.7 Å². The van der Waals surface area contributed by atoms with Gasteiger partial charge in [0.25, 0.3) is 5.91 Å². The molecular formula is C15H17NO4. The lowest BCUT2D eigenvalue weighted by Crippen LogP contribution is -2.42. The molecule has 3 rings (SSSR count). The number of benzene rings is 1. The van der Waals surface area contributed by atoms with Crippen LogP contribution in [0, 0.1) is 0 Å². The van der Waals surface area contributed by atoms with E-state index in [1.54, 1.807) is 7.11 Å². The minimum atomic E-state index is 0.0294. The van der Waals surface area contributed by atoms with Crippen molar-refractivity contribution in [3.8, 4) is 11.5 Å². The number of morpholine rings is 1. The van der Waals surface area contributed by atoms with E-state index in [1.165, 1.54) is 0 Å². The summed E-state index contributed by atoms with van der Waals surface area (Å²) in [5, 5.41) is 0. The maximum absolute atomic E-state index is 12.4. The Kier molecular flexibility index (Phi) is 3.60. The predicted octanol–water partition coefficient (Wildman–Crippen LogP) is 1.33. The average Bonchev–Trinajstić information content (AvgIpc) is 2.54. The zero-order valence-electron chi connectivity index (χ0n) is 11.4. The number of hydrogen-bond donors (Lipinski definition) is 0. The van der Waals surface area contributed by atoms with Crippen LogP contribution in [0.3, 0.4) is 0 Å². The van der Waals surface area contributed by atoms with Crippen molar-refractivity contribution in [2.75, 3.05) is 40.0 Å². The topological polar surface area (TPSA) is 48.0 Å². The molecular weight excluding hydrogens is 258 g/mol. The summed E-state index contributed by atoms with van der Waals surface area (Å²) in [5.74, 6) is 1.56. The molecule has 1 saturated heterocycles. The Morgan fingerprint density at radius 1 is 1.30 bits per heavy atom. The summed E-state index contributed by atoms with van der Waals surface area (Å²) in [4.78, 5) is 14.2. The highest BCUT2D eigenvalue weighted by Crippen LogP contribution is 2.30. The second-order valence-corrected chi connectivity index (χ2v) is 4.77. The molecule has 5 nitrogen and oxygen atoms in total. The zero-order chi connectivity index (χ0) is 13.9. The summed E-state index contributed by atoms with van der Waals surface area (Å²) in [5.41, 5.74) is 1.56. The molecule has 2 heterocycles. The third-order valence-corrected chi connectivity index (χ3v) is 3.50. The van der Waals surface area contributed by atoms with Gasteiger partial charge in [0.2, 0.25) is 0 Å². The molecule has 0 saturated carbocycles. The van der Waals surface area contributed by atoms with Crippen LogP contribution < -0.4 is 9.47 Å². The second-order valence-electron chi connectivity index (χ2n) is 4.77. The first kappa shape index (κ1) is 13.0. The smallest absolute Gasteiger partial charge is 0.253 e. The van der Waals surface area contributed by atoms with Crippen LogP contribution >= 0.6 is 0 Å². The summed E-state index contributed by atoms with van der Waals surface area (Å²) < 4.78 is 16.1. The van der Waals surface area contributed by atoms with E-state index in [4.69, 9.17) is 14.2 Å². The number of hydrogen-bond acceptors (Lipinski definition) is 4. The highest BCUT2D eigenvalue weighted by molar-refractivity contribution is 5.99. The Balaban J connectivity index is 1.83. The fourth-order valence-corrected chi connectivity index (χ4v) is 2.38. The molecule has 5 heteroatoms. The Labute approximate surface area is 117 Å². The van der Waals surface area contributed by atoms with Crippen LogP contribution in [0.5, 0.6) is 11.5 Å². The molecule has 0 unspecified atom stereocenters. The molecule has 1 aromatic carbocycles. The minimum Gasteiger partial charge on any atom is -0.497 e. The van der Waals surface area contributed by atoms with Gasteiger partial charge in [-0.3, -0.25) is 4.79 Å². The normalized spacial score (nSPS) is 17.9. The first-order valence-electron chi connectivity index (χ1n) is 6.66. The van der Waals surface area contributed by atoms with Crippen LogP contribution in [0.25, 0.3) is 6.08 Å². The fraction of sp³-hybridized carbons (Fsp3) is 0.400. The highest BCUT2D eigenvalue weighted by Gasteiger charge is 2.23. The summed E-state index contributed by atoms with van der Waals surface area (Å²) in [6, 6.07) is 5.59. The van der Waals surface area contributed by atoms with Crippen molar-refractivity contribution < 1.29 is 19.0 Å². The van der Waals surface area contributed by atoms with Crippen molar-refractivity contribution in [2.45, 2.75) is 0 Å². The van der Waals surface area contributed by atoms with Gasteiger partial charge in [0.1, 0.15) is 18.1 Å². The van der Waals surface area contributed by atoms with Gasteiger partial charge in [0.05, 0.1) is 25.9 Å². The summed E-state index contributed by atoms with van der Waals surface area (Å²) in [7, 11) is 1.62. The first-order chi connectivity index (χ1) is 9.78. The van der Waals surface area contributed by atoms with E-state index in [-0.39, 0.29) is 5.91 Å². The number of ether oxygens (including phenoxy) is 3. The Morgan fingerprint density at radius 3 is 2.85 bits per heavy atom. The molecule has 0 N–H and O–H groups in total. The first-order valence-corrected chi connectivity index (χ1v) is 6.66. The zero-order valence-corrected chi connectivity index (χ0v) is 11.4. The number of methoxy groups -OCH3 is 1. The molecule has 2 aliphatic heterocycles. The third kappa shape index (κ3) is 2.49. The van der Waals surface area contributed by atoms with E-state index in [0.717, 1.165) is 17.1 Å². The molecule has 0 atom stereocenters. The molecule has 1 amide bonds. The van der Waals surface area contributed by atoms with Gasteiger partial charge >= 0.3 is 0 Å². The SMILES string of the molecule is COc1ccc2c(c1)C=C(C(=O)N1CCOCC1)CO2. The third-order valence-electron chi connectivity index (χ3n) is 3.50. The molecule has 1 fully saturated rings. The molecule has 0 aromatic heterocycles. The van der Waals surface area contributed by atoms with Crippen molar-refractivity contribution in [3.63, 3.8) is 0 Å². The fourth-order valence-electron chi connectivity index (χ4n) is 2.38. The lowest BCUT2D eigenvalue weighted by molar-refractivity contribution is -0.131. The number of nitrogens with zero attached hydrogens (tertiary/aromatic N) is 1. The van der Waals surface area contributed by atoms with E-state index in [9.17, 15) is 4.79 Å². The van der Waals surface area contributed by atoms with Crippen LogP contribution in [0.15, 0.2) is 23.8 Å². The molecule has 0 aliphatic carbocycles. The van der Waals surface area contributed by atoms with Crippen molar-refractivity contribution in [1.29, 1.82) is 0 Å². The van der Waals surface area contributed by atoms with Gasteiger partial charge in [-0.1, -0.05) is 0 Å². The van der Waals surface area contributed by atoms with Crippen LogP contribution in [0.2, 0.25) is 0 Å². The molecule has 0 spiro atoms. The summed E-state index contributed by atoms with van der Waals surface area (Å²) in [6.45, 7) is 2.80. The van der Waals surface area contributed by atoms with Crippen molar-refractivity contribution in [1.82, 2.24) is 4.90 Å². The predicted molar refractivity (Wildman–Crippen MR) is 73.9 cm³/mol. The average molecular weight is 275 g/mol. The molecule has 106 valence electrons. The Morgan fingerprint density at radius 2 is 2.10 bits per heavy atom. The number of carbonyl (C=O) groups excluding carboxylic acids is 1. The summed E-state index contributed by atoms with van der Waals surface area (Å²) in [6.07, 6.45) is 1.89. The summed E-state index contributed by atoms with van der Waals surface area (Å²) >= 11 is 0. The maximum atomic E-state index is 12.4. The molecule has 2 aliphatic rings. The van der Waals surface area contributed by atoms with Crippen LogP contribution in [-0.2, 0) is 9.53 Å². The van der Waals surface area contributed by atoms with E-state index in [0.29, 0.717) is 38.5 Å². The van der Waals surface area contributed by atoms with E-state index < -0.39 is 0 Å². The van der Waals surface area contributed by atoms with Gasteiger partial charge in [-0.05, 0) is 24.3 Å². The van der Waals surface area contributed by atoms with Gasteiger partial charge < -0.3 is 19.1 Å². The van der Waals surface area contributed by atoms with Gasteiger partial charge in [0.15, 0.2) is 0 Å². The molecule has 0 radical (unpaired) electrons. The lowest BCUT2D eigenvalue weighted by Gasteiger charge is -2.29. The van der Waals surface area contributed by atoms with E-state index >= 15 is 0 Å². The van der Waals surface area contributed by atoms with Gasteiger partial charge in [-0.25, -0.2) is 0 Å². The molecule has 1 aromatic rings.